The molecule has 29 heavy (non-hydrogen) atoms. The van der Waals surface area contributed by atoms with Gasteiger partial charge in [0.05, 0.1) is 38.6 Å². The van der Waals surface area contributed by atoms with Crippen LogP contribution in [-0.4, -0.2) is 23.1 Å². The number of nitro benzene ring substituents is 1. The zero-order valence-electron chi connectivity index (χ0n) is 15.4. The number of aromatic nitrogens is 2. The lowest BCUT2D eigenvalue weighted by molar-refractivity contribution is -0.387. The predicted molar refractivity (Wildman–Crippen MR) is 111 cm³/mol. The van der Waals surface area contributed by atoms with E-state index in [1.54, 1.807) is 36.7 Å². The number of hydrogen-bond acceptors (Lipinski definition) is 5. The number of sulfonamides is 1. The predicted octanol–water partition coefficient (Wildman–Crippen LogP) is 4.56. The second kappa shape index (κ2) is 8.02. The molecule has 0 radical (unpaired) electrons. The zero-order chi connectivity index (χ0) is 21.3. The van der Waals surface area contributed by atoms with E-state index in [4.69, 9.17) is 23.2 Å². The minimum absolute atomic E-state index is 0.267. The molecular weight excluding hydrogens is 439 g/mol. The van der Waals surface area contributed by atoms with Crippen LogP contribution in [0.1, 0.15) is 17.0 Å². The molecule has 0 bridgehead atoms. The maximum Gasteiger partial charge on any atom is 0.289 e. The van der Waals surface area contributed by atoms with Crippen molar-refractivity contribution < 1.29 is 13.3 Å². The Morgan fingerprint density at radius 3 is 2.48 bits per heavy atom. The van der Waals surface area contributed by atoms with Crippen molar-refractivity contribution in [3.05, 3.63) is 79.6 Å². The lowest BCUT2D eigenvalue weighted by Crippen LogP contribution is -2.16. The highest BCUT2D eigenvalue weighted by Crippen LogP contribution is 2.29. The van der Waals surface area contributed by atoms with E-state index >= 15 is 0 Å². The normalized spacial score (nSPS) is 11.4. The summed E-state index contributed by atoms with van der Waals surface area (Å²) < 4.78 is 29.6. The molecule has 11 heteroatoms. The quantitative estimate of drug-likeness (QED) is 0.433. The molecule has 8 nitrogen and oxygen atoms in total. The highest BCUT2D eigenvalue weighted by Gasteiger charge is 2.27. The number of nitro groups is 1. The van der Waals surface area contributed by atoms with Gasteiger partial charge >= 0.3 is 0 Å². The molecule has 0 saturated carbocycles. The van der Waals surface area contributed by atoms with Crippen molar-refractivity contribution in [2.24, 2.45) is 0 Å². The van der Waals surface area contributed by atoms with E-state index in [9.17, 15) is 18.5 Å². The van der Waals surface area contributed by atoms with Crippen molar-refractivity contribution in [3.63, 3.8) is 0 Å². The molecule has 1 aromatic heterocycles. The first kappa shape index (κ1) is 21.1. The van der Waals surface area contributed by atoms with Crippen LogP contribution in [0.4, 0.5) is 11.4 Å². The first-order valence-corrected chi connectivity index (χ1v) is 10.6. The number of hydrogen-bond donors (Lipinski definition) is 1. The summed E-state index contributed by atoms with van der Waals surface area (Å²) in [6.45, 7) is 3.70. The Morgan fingerprint density at radius 2 is 1.83 bits per heavy atom. The number of benzene rings is 2. The lowest BCUT2D eigenvalue weighted by Gasteiger charge is -2.10. The molecule has 0 aliphatic rings. The van der Waals surface area contributed by atoms with Gasteiger partial charge in [0.25, 0.3) is 15.7 Å². The summed E-state index contributed by atoms with van der Waals surface area (Å²) in [6.07, 6.45) is 0. The van der Waals surface area contributed by atoms with Crippen LogP contribution in [0, 0.1) is 24.0 Å². The van der Waals surface area contributed by atoms with Crippen molar-refractivity contribution in [1.29, 1.82) is 0 Å². The number of rotatable bonds is 6. The average molecular weight is 455 g/mol. The van der Waals surface area contributed by atoms with Crippen LogP contribution >= 0.6 is 23.2 Å². The molecule has 3 rings (SSSR count). The molecule has 0 aliphatic heterocycles. The topological polar surface area (TPSA) is 107 Å². The van der Waals surface area contributed by atoms with E-state index in [0.29, 0.717) is 28.0 Å². The Balaban J connectivity index is 1.94. The van der Waals surface area contributed by atoms with Gasteiger partial charge in [0.15, 0.2) is 4.90 Å². The SMILES string of the molecule is Cc1nn(Cc2ccc(Cl)c(Cl)c2)c(C)c1NS(=O)(=O)c1ccccc1[N+](=O)[O-]. The summed E-state index contributed by atoms with van der Waals surface area (Å²) in [5.41, 5.74) is 1.58. The fourth-order valence-corrected chi connectivity index (χ4v) is 4.50. The van der Waals surface area contributed by atoms with Crippen molar-refractivity contribution in [2.75, 3.05) is 4.72 Å². The molecule has 0 aliphatic carbocycles. The molecule has 1 N–H and O–H groups in total. The van der Waals surface area contributed by atoms with E-state index in [1.807, 2.05) is 0 Å². The van der Waals surface area contributed by atoms with Crippen molar-refractivity contribution in [1.82, 2.24) is 9.78 Å². The van der Waals surface area contributed by atoms with Gasteiger partial charge < -0.3 is 0 Å². The van der Waals surface area contributed by atoms with Gasteiger partial charge in [-0.3, -0.25) is 19.5 Å². The van der Waals surface area contributed by atoms with Gasteiger partial charge in [-0.05, 0) is 37.6 Å². The maximum absolute atomic E-state index is 12.8. The van der Waals surface area contributed by atoms with Crippen LogP contribution in [0.3, 0.4) is 0 Å². The van der Waals surface area contributed by atoms with Crippen LogP contribution in [0.5, 0.6) is 0 Å². The summed E-state index contributed by atoms with van der Waals surface area (Å²) in [5, 5.41) is 16.4. The maximum atomic E-state index is 12.8. The van der Waals surface area contributed by atoms with Gasteiger partial charge in [-0.2, -0.15) is 5.10 Å². The second-order valence-corrected chi connectivity index (χ2v) is 8.75. The van der Waals surface area contributed by atoms with E-state index in [-0.39, 0.29) is 5.69 Å². The van der Waals surface area contributed by atoms with Gasteiger partial charge in [-0.15, -0.1) is 0 Å². The molecule has 0 saturated heterocycles. The minimum atomic E-state index is -4.19. The molecule has 3 aromatic rings. The zero-order valence-corrected chi connectivity index (χ0v) is 17.7. The Labute approximate surface area is 177 Å². The molecule has 0 spiro atoms. The fraction of sp³-hybridized carbons (Fsp3) is 0.167. The lowest BCUT2D eigenvalue weighted by atomic mass is 10.2. The molecule has 0 amide bonds. The van der Waals surface area contributed by atoms with Crippen molar-refractivity contribution in [2.45, 2.75) is 25.3 Å². The molecule has 0 unspecified atom stereocenters. The molecule has 0 atom stereocenters. The van der Waals surface area contributed by atoms with Gasteiger partial charge in [-0.25, -0.2) is 8.42 Å². The highest BCUT2D eigenvalue weighted by molar-refractivity contribution is 7.92. The number of anilines is 1. The largest absolute Gasteiger partial charge is 0.289 e. The minimum Gasteiger partial charge on any atom is -0.276 e. The summed E-state index contributed by atoms with van der Waals surface area (Å²) >= 11 is 12.0. The first-order valence-electron chi connectivity index (χ1n) is 8.34. The second-order valence-electron chi connectivity index (χ2n) is 6.28. The van der Waals surface area contributed by atoms with E-state index in [0.717, 1.165) is 11.6 Å². The Bertz CT molecular complexity index is 1210. The third kappa shape index (κ3) is 4.36. The molecule has 0 fully saturated rings. The van der Waals surface area contributed by atoms with Gasteiger partial charge in [0, 0.05) is 6.07 Å². The Hall–Kier alpha value is -2.62. The standard InChI is InChI=1S/C18H16Cl2N4O4S/c1-11-18(22-29(27,28)17-6-4-3-5-16(17)24(25)26)12(2)23(21-11)10-13-7-8-14(19)15(20)9-13/h3-9,22H,10H2,1-2H3. The third-order valence-electron chi connectivity index (χ3n) is 4.29. The first-order chi connectivity index (χ1) is 13.6. The van der Waals surface area contributed by atoms with E-state index in [1.165, 1.54) is 18.2 Å². The van der Waals surface area contributed by atoms with Crippen LogP contribution in [0.2, 0.25) is 10.0 Å². The van der Waals surface area contributed by atoms with Gasteiger partial charge in [-0.1, -0.05) is 41.4 Å². The van der Waals surface area contributed by atoms with Crippen LogP contribution in [0.25, 0.3) is 0 Å². The monoisotopic (exact) mass is 454 g/mol. The number of nitrogens with one attached hydrogen (secondary N) is 1. The molecule has 2 aromatic carbocycles. The summed E-state index contributed by atoms with van der Waals surface area (Å²) in [6, 6.07) is 10.3. The third-order valence-corrected chi connectivity index (χ3v) is 6.42. The van der Waals surface area contributed by atoms with Gasteiger partial charge in [0.2, 0.25) is 0 Å². The van der Waals surface area contributed by atoms with E-state index in [2.05, 4.69) is 9.82 Å². The summed E-state index contributed by atoms with van der Waals surface area (Å²) in [4.78, 5) is 10.0. The molecular formula is C18H16Cl2N4O4S. The van der Waals surface area contributed by atoms with Crippen LogP contribution < -0.4 is 4.72 Å². The summed E-state index contributed by atoms with van der Waals surface area (Å²) in [7, 11) is -4.19. The average Bonchev–Trinajstić information content (AvgIpc) is 2.92. The van der Waals surface area contributed by atoms with Crippen LogP contribution in [-0.2, 0) is 16.6 Å². The van der Waals surface area contributed by atoms with Gasteiger partial charge in [0.1, 0.15) is 0 Å². The fourth-order valence-electron chi connectivity index (χ4n) is 2.83. The smallest absolute Gasteiger partial charge is 0.276 e. The number of aryl methyl sites for hydroxylation is 1. The van der Waals surface area contributed by atoms with Crippen molar-refractivity contribution >= 4 is 44.6 Å². The van der Waals surface area contributed by atoms with Crippen molar-refractivity contribution in [3.8, 4) is 0 Å². The highest BCUT2D eigenvalue weighted by atomic mass is 35.5. The number of nitrogens with zero attached hydrogens (tertiary/aromatic N) is 3. The molecule has 1 heterocycles. The number of halogens is 2. The Morgan fingerprint density at radius 1 is 1.14 bits per heavy atom. The number of para-hydroxylation sites is 1. The molecule has 152 valence electrons. The van der Waals surface area contributed by atoms with E-state index < -0.39 is 25.5 Å². The Kier molecular flexibility index (Phi) is 5.83. The van der Waals surface area contributed by atoms with Crippen LogP contribution in [0.15, 0.2) is 47.4 Å². The summed E-state index contributed by atoms with van der Waals surface area (Å²) in [5.74, 6) is 0.